The van der Waals surface area contributed by atoms with E-state index < -0.39 is 56.3 Å². The van der Waals surface area contributed by atoms with Crippen molar-refractivity contribution in [2.24, 2.45) is 0 Å². The number of carbonyl (C=O) groups excluding carboxylic acids is 1. The van der Waals surface area contributed by atoms with Crippen LogP contribution in [0, 0.1) is 0 Å². The van der Waals surface area contributed by atoms with Crippen molar-refractivity contribution in [2.45, 2.75) is 57.5 Å². The summed E-state index contributed by atoms with van der Waals surface area (Å²) in [4.78, 5) is 32.2. The number of nitrogens with zero attached hydrogens (tertiary/aromatic N) is 3. The van der Waals surface area contributed by atoms with Crippen LogP contribution in [0.15, 0.2) is 126 Å². The molecule has 0 saturated carbocycles. The summed E-state index contributed by atoms with van der Waals surface area (Å²) in [6.07, 6.45) is -3.13. The van der Waals surface area contributed by atoms with Crippen LogP contribution in [0.25, 0.3) is 0 Å². The van der Waals surface area contributed by atoms with Gasteiger partial charge < -0.3 is 39.4 Å². The molecule has 16 heteroatoms. The van der Waals surface area contributed by atoms with Gasteiger partial charge in [0.05, 0.1) is 26.4 Å². The number of carbonyl (C=O) groups is 1. The van der Waals surface area contributed by atoms with E-state index in [2.05, 4.69) is 30.7 Å². The highest BCUT2D eigenvalue weighted by atomic mass is 31.1. The fourth-order valence-electron chi connectivity index (χ4n) is 6.98. The smallest absolute Gasteiger partial charge is 0.497 e. The van der Waals surface area contributed by atoms with Crippen molar-refractivity contribution >= 4 is 20.0 Å². The van der Waals surface area contributed by atoms with Crippen molar-refractivity contribution in [3.63, 3.8) is 0 Å². The number of methoxy groups -OCH3 is 2. The zero-order valence-electron chi connectivity index (χ0n) is 35.2. The number of aliphatic hydroxyl groups is 1. The Morgan fingerprint density at radius 3 is 1.84 bits per heavy atom. The Bertz CT molecular complexity index is 2160. The van der Waals surface area contributed by atoms with Gasteiger partial charge in [-0.25, -0.2) is 9.59 Å². The van der Waals surface area contributed by atoms with Crippen molar-refractivity contribution in [3.05, 3.63) is 154 Å². The Labute approximate surface area is 356 Å². The molecule has 61 heavy (non-hydrogen) atoms. The van der Waals surface area contributed by atoms with Crippen molar-refractivity contribution in [1.29, 1.82) is 0 Å². The molecule has 1 aliphatic heterocycles. The highest BCUT2D eigenvalue weighted by Gasteiger charge is 2.65. The number of anilines is 1. The molecule has 0 spiro atoms. The van der Waals surface area contributed by atoms with Crippen molar-refractivity contribution < 1.29 is 47.2 Å². The summed E-state index contributed by atoms with van der Waals surface area (Å²) >= 11 is 0. The number of benzene rings is 4. The summed E-state index contributed by atoms with van der Waals surface area (Å²) < 4.78 is 55.6. The third-order valence-corrected chi connectivity index (χ3v) is 11.0. The zero-order chi connectivity index (χ0) is 44.0. The van der Waals surface area contributed by atoms with Gasteiger partial charge in [-0.2, -0.15) is 9.51 Å². The molecule has 1 aliphatic rings. The maximum atomic E-state index is 13.5. The molecule has 0 radical (unpaired) electrons. The van der Waals surface area contributed by atoms with Gasteiger partial charge in [0.15, 0.2) is 12.3 Å². The van der Waals surface area contributed by atoms with Crippen LogP contribution in [-0.2, 0) is 33.4 Å². The molecule has 1 saturated heterocycles. The van der Waals surface area contributed by atoms with Crippen molar-refractivity contribution in [3.8, 4) is 11.5 Å². The van der Waals surface area contributed by atoms with Gasteiger partial charge in [0.25, 0.3) is 5.79 Å². The van der Waals surface area contributed by atoms with E-state index in [1.54, 1.807) is 63.6 Å². The average Bonchev–Trinajstić information content (AvgIpc) is 3.54. The first kappa shape index (κ1) is 46.6. The standard InChI is InChI=1S/C39H38N3O11P.C6H15N/c1-4-49-34-35(42-24-23-33(40)41-37(42)44)51-32(39(34,45)53-54(46)52-36(43)26-11-7-5-8-12-26)25-50-38(27-13-9-6-10-14-27,28-15-19-30(47-2)20-16-28)29-17-21-31(48-3)22-18-29;1-4-7(5-2)6-3/h5-24,32,34-35,45H,4,25H2,1-3H3,(H-,40,41,44);4-6H2,1-3H3/p+1/t32-,34+,35-,39-;/m1./s1. The topological polar surface area (TPSA) is 183 Å². The van der Waals surface area contributed by atoms with Gasteiger partial charge >= 0.3 is 19.9 Å². The molecule has 1 unspecified atom stereocenters. The van der Waals surface area contributed by atoms with Crippen LogP contribution in [0.4, 0.5) is 5.82 Å². The molecule has 2 heterocycles. The zero-order valence-corrected chi connectivity index (χ0v) is 36.1. The summed E-state index contributed by atoms with van der Waals surface area (Å²) in [5.41, 5.74) is 5.70. The van der Waals surface area contributed by atoms with E-state index >= 15 is 0 Å². The lowest BCUT2D eigenvalue weighted by molar-refractivity contribution is -0.233. The summed E-state index contributed by atoms with van der Waals surface area (Å²) in [5.74, 6) is -2.44. The largest absolute Gasteiger partial charge is 0.756 e. The van der Waals surface area contributed by atoms with E-state index in [1.807, 2.05) is 54.6 Å². The van der Waals surface area contributed by atoms with Crippen LogP contribution < -0.4 is 20.9 Å². The van der Waals surface area contributed by atoms with Gasteiger partial charge in [-0.05, 0) is 85.7 Å². The minimum atomic E-state index is -3.37. The van der Waals surface area contributed by atoms with Crippen LogP contribution in [-0.4, -0.2) is 90.6 Å². The van der Waals surface area contributed by atoms with E-state index in [0.717, 1.165) is 4.57 Å². The van der Waals surface area contributed by atoms with Crippen molar-refractivity contribution in [2.75, 3.05) is 52.8 Å². The highest BCUT2D eigenvalue weighted by molar-refractivity contribution is 7.34. The van der Waals surface area contributed by atoms with E-state index in [4.69, 9.17) is 38.5 Å². The quantitative estimate of drug-likeness (QED) is 0.0538. The molecule has 3 N–H and O–H groups in total. The maximum absolute atomic E-state index is 13.5. The van der Waals surface area contributed by atoms with Crippen LogP contribution >= 0.6 is 8.25 Å². The first-order valence-electron chi connectivity index (χ1n) is 20.0. The van der Waals surface area contributed by atoms with Crippen molar-refractivity contribution in [1.82, 2.24) is 14.5 Å². The molecule has 15 nitrogen and oxygen atoms in total. The number of rotatable bonds is 18. The molecular weight excluding hydrogens is 803 g/mol. The Morgan fingerprint density at radius 2 is 1.36 bits per heavy atom. The molecule has 324 valence electrons. The molecule has 5 atom stereocenters. The lowest BCUT2D eigenvalue weighted by Crippen LogP contribution is -2.52. The van der Waals surface area contributed by atoms with Crippen LogP contribution in [0.1, 0.15) is 61.0 Å². The fourth-order valence-corrected chi connectivity index (χ4v) is 7.72. The van der Waals surface area contributed by atoms with Gasteiger partial charge in [0, 0.05) is 17.4 Å². The maximum Gasteiger partial charge on any atom is 0.756 e. The minimum absolute atomic E-state index is 0.00678. The molecule has 5 aromatic rings. The molecule has 0 amide bonds. The summed E-state index contributed by atoms with van der Waals surface area (Å²) in [7, 11) is -0.241. The lowest BCUT2D eigenvalue weighted by Gasteiger charge is -2.37. The van der Waals surface area contributed by atoms with Crippen LogP contribution in [0.5, 0.6) is 11.5 Å². The molecule has 1 fully saturated rings. The van der Waals surface area contributed by atoms with Gasteiger partial charge in [0.1, 0.15) is 29.0 Å². The summed E-state index contributed by atoms with van der Waals surface area (Å²) in [6, 6.07) is 33.1. The predicted octanol–water partition coefficient (Wildman–Crippen LogP) is 6.72. The number of ether oxygens (including phenoxy) is 5. The molecule has 0 aliphatic carbocycles. The highest BCUT2D eigenvalue weighted by Crippen LogP contribution is 2.48. The number of hydrogen-bond acceptors (Lipinski definition) is 14. The molecular formula is C45H54N4O11P+. The van der Waals surface area contributed by atoms with E-state index in [-0.39, 0.29) is 18.0 Å². The third-order valence-electron chi connectivity index (χ3n) is 10.3. The predicted molar refractivity (Wildman–Crippen MR) is 229 cm³/mol. The second kappa shape index (κ2) is 21.8. The van der Waals surface area contributed by atoms with Gasteiger partial charge in [-0.3, -0.25) is 4.57 Å². The first-order chi connectivity index (χ1) is 29.5. The van der Waals surface area contributed by atoms with Crippen LogP contribution in [0.2, 0.25) is 0 Å². The summed E-state index contributed by atoms with van der Waals surface area (Å²) in [6.45, 7) is 11.3. The molecule has 4 aromatic carbocycles. The van der Waals surface area contributed by atoms with Gasteiger partial charge in [-0.1, -0.05) is 98.1 Å². The Hall–Kier alpha value is -5.51. The number of nitrogens with two attached hydrogens (primary N) is 1. The molecule has 6 rings (SSSR count). The molecule has 0 bridgehead atoms. The number of nitrogen functional groups attached to an aromatic ring is 1. The lowest BCUT2D eigenvalue weighted by atomic mass is 9.80. The summed E-state index contributed by atoms with van der Waals surface area (Å²) in [5, 5.41) is 12.5. The average molecular weight is 858 g/mol. The number of hydrogen-bond donors (Lipinski definition) is 2. The van der Waals surface area contributed by atoms with Crippen LogP contribution in [0.3, 0.4) is 0 Å². The Morgan fingerprint density at radius 1 is 0.836 bits per heavy atom. The third kappa shape index (κ3) is 10.9. The second-order valence-corrected chi connectivity index (χ2v) is 14.5. The van der Waals surface area contributed by atoms with E-state index in [0.29, 0.717) is 28.2 Å². The Balaban J connectivity index is 0.000000925. The number of aromatic nitrogens is 2. The SMILES string of the molecule is CCN(CC)CC.CCO[C@H]1[C@H](n2ccc(N)nc2=O)O[C@H](COC(c2ccccc2)(c2ccc(OC)cc2)c2ccc(OC)cc2)[C@@]1(O)O[P+](=O)OC(=O)c1ccccc1. The minimum Gasteiger partial charge on any atom is -0.497 e. The normalized spacial score (nSPS) is 18.8. The second-order valence-electron chi connectivity index (χ2n) is 13.7. The van der Waals surface area contributed by atoms with Gasteiger partial charge in [0.2, 0.25) is 0 Å². The van der Waals surface area contributed by atoms with E-state index in [9.17, 15) is 19.3 Å². The molecule has 1 aromatic heterocycles. The monoisotopic (exact) mass is 857 g/mol. The first-order valence-corrected chi connectivity index (χ1v) is 21.1. The van der Waals surface area contributed by atoms with Gasteiger partial charge in [-0.15, -0.1) is 0 Å². The van der Waals surface area contributed by atoms with E-state index in [1.165, 1.54) is 44.0 Å². The fraction of sp³-hybridized carbons (Fsp3) is 0.356. The Kier molecular flexibility index (Phi) is 16.7.